The fourth-order valence-electron chi connectivity index (χ4n) is 1.95. The Kier molecular flexibility index (Phi) is 7.93. The molecule has 1 amide bonds. The summed E-state index contributed by atoms with van der Waals surface area (Å²) in [6.07, 6.45) is 2.59. The summed E-state index contributed by atoms with van der Waals surface area (Å²) >= 11 is 2.02. The van der Waals surface area contributed by atoms with Gasteiger partial charge in [-0.2, -0.15) is 11.8 Å². The fourth-order valence-corrected chi connectivity index (χ4v) is 3.13. The van der Waals surface area contributed by atoms with E-state index >= 15 is 0 Å². The van der Waals surface area contributed by atoms with E-state index in [1.807, 2.05) is 32.5 Å². The van der Waals surface area contributed by atoms with Gasteiger partial charge in [-0.05, 0) is 25.5 Å². The molecule has 6 heteroatoms. The molecule has 0 aliphatic carbocycles. The van der Waals surface area contributed by atoms with Crippen molar-refractivity contribution < 1.29 is 4.79 Å². The minimum absolute atomic E-state index is 0.0774. The number of hydrogen-bond donors (Lipinski definition) is 3. The number of aliphatic imine (C=N–C) groups is 1. The Morgan fingerprint density at radius 2 is 1.95 bits per heavy atom. The smallest absolute Gasteiger partial charge is 0.225 e. The van der Waals surface area contributed by atoms with Crippen LogP contribution in [-0.4, -0.2) is 49.0 Å². The third kappa shape index (κ3) is 7.60. The van der Waals surface area contributed by atoms with Gasteiger partial charge in [-0.15, -0.1) is 0 Å². The molecule has 0 bridgehead atoms. The topological polar surface area (TPSA) is 65.5 Å². The van der Waals surface area contributed by atoms with E-state index in [1.165, 1.54) is 18.6 Å². The maximum absolute atomic E-state index is 11.7. The molecular weight excluding hydrogens is 284 g/mol. The highest BCUT2D eigenvalue weighted by Crippen LogP contribution is 2.25. The number of nitrogens with zero attached hydrogens (tertiary/aromatic N) is 1. The van der Waals surface area contributed by atoms with Gasteiger partial charge in [0.05, 0.1) is 6.54 Å². The Hall–Kier alpha value is -0.910. The van der Waals surface area contributed by atoms with E-state index in [4.69, 9.17) is 0 Å². The Morgan fingerprint density at radius 3 is 2.52 bits per heavy atom. The van der Waals surface area contributed by atoms with Crippen LogP contribution in [-0.2, 0) is 4.79 Å². The van der Waals surface area contributed by atoms with E-state index in [0.29, 0.717) is 18.3 Å². The SMILES string of the molecule is CCNC(=NCC1CCCS1)NCCNC(=O)C(C)(C)C. The van der Waals surface area contributed by atoms with Crippen molar-refractivity contribution in [2.75, 3.05) is 31.9 Å². The van der Waals surface area contributed by atoms with Crippen molar-refractivity contribution in [3.8, 4) is 0 Å². The minimum atomic E-state index is -0.335. The van der Waals surface area contributed by atoms with Gasteiger partial charge in [0.1, 0.15) is 0 Å². The standard InChI is InChI=1S/C15H30N4OS/c1-5-16-14(19-11-12-7-6-10-21-12)18-9-8-17-13(20)15(2,3)4/h12H,5-11H2,1-4H3,(H,17,20)(H2,16,18,19). The zero-order valence-electron chi connectivity index (χ0n) is 13.8. The molecule has 3 N–H and O–H groups in total. The second-order valence-corrected chi connectivity index (χ2v) is 7.70. The molecule has 1 aliphatic rings. The van der Waals surface area contributed by atoms with Crippen LogP contribution in [0.25, 0.3) is 0 Å². The molecule has 1 unspecified atom stereocenters. The molecule has 0 aromatic carbocycles. The van der Waals surface area contributed by atoms with E-state index in [9.17, 15) is 4.79 Å². The van der Waals surface area contributed by atoms with Crippen LogP contribution in [0.5, 0.6) is 0 Å². The maximum atomic E-state index is 11.7. The van der Waals surface area contributed by atoms with Crippen molar-refractivity contribution >= 4 is 23.6 Å². The lowest BCUT2D eigenvalue weighted by molar-refractivity contribution is -0.128. The van der Waals surface area contributed by atoms with Gasteiger partial charge in [0.25, 0.3) is 0 Å². The fraction of sp³-hybridized carbons (Fsp3) is 0.867. The second-order valence-electron chi connectivity index (χ2n) is 6.29. The molecule has 0 radical (unpaired) electrons. The molecular formula is C15H30N4OS. The first-order chi connectivity index (χ1) is 9.93. The number of thioether (sulfide) groups is 1. The van der Waals surface area contributed by atoms with Crippen LogP contribution in [0, 0.1) is 5.41 Å². The molecule has 5 nitrogen and oxygen atoms in total. The van der Waals surface area contributed by atoms with E-state index in [2.05, 4.69) is 27.9 Å². The van der Waals surface area contributed by atoms with Gasteiger partial charge >= 0.3 is 0 Å². The quantitative estimate of drug-likeness (QED) is 0.396. The summed E-state index contributed by atoms with van der Waals surface area (Å²) in [7, 11) is 0. The highest BCUT2D eigenvalue weighted by Gasteiger charge is 2.20. The molecule has 0 saturated carbocycles. The van der Waals surface area contributed by atoms with Crippen LogP contribution in [0.3, 0.4) is 0 Å². The van der Waals surface area contributed by atoms with Gasteiger partial charge in [0.15, 0.2) is 5.96 Å². The molecule has 1 rings (SSSR count). The minimum Gasteiger partial charge on any atom is -0.357 e. The van der Waals surface area contributed by atoms with Crippen molar-refractivity contribution in [2.24, 2.45) is 10.4 Å². The molecule has 1 fully saturated rings. The van der Waals surface area contributed by atoms with E-state index in [0.717, 1.165) is 19.0 Å². The molecule has 1 saturated heterocycles. The third-order valence-corrected chi connectivity index (χ3v) is 4.59. The predicted molar refractivity (Wildman–Crippen MR) is 91.9 cm³/mol. The van der Waals surface area contributed by atoms with E-state index < -0.39 is 0 Å². The van der Waals surface area contributed by atoms with Crippen LogP contribution in [0.4, 0.5) is 0 Å². The van der Waals surface area contributed by atoms with Gasteiger partial charge in [-0.1, -0.05) is 20.8 Å². The largest absolute Gasteiger partial charge is 0.357 e. The van der Waals surface area contributed by atoms with Gasteiger partial charge in [-0.25, -0.2) is 0 Å². The van der Waals surface area contributed by atoms with E-state index in [1.54, 1.807) is 0 Å². The van der Waals surface area contributed by atoms with Gasteiger partial charge in [0, 0.05) is 30.3 Å². The van der Waals surface area contributed by atoms with Gasteiger partial charge in [-0.3, -0.25) is 9.79 Å². The van der Waals surface area contributed by atoms with Gasteiger partial charge < -0.3 is 16.0 Å². The van der Waals surface area contributed by atoms with Crippen LogP contribution in [0.1, 0.15) is 40.5 Å². The number of amides is 1. The Balaban J connectivity index is 2.27. The van der Waals surface area contributed by atoms with E-state index in [-0.39, 0.29) is 11.3 Å². The average Bonchev–Trinajstić information content (AvgIpc) is 2.92. The number of nitrogens with one attached hydrogen (secondary N) is 3. The summed E-state index contributed by atoms with van der Waals surface area (Å²) < 4.78 is 0. The number of carbonyl (C=O) groups is 1. The Morgan fingerprint density at radius 1 is 1.24 bits per heavy atom. The predicted octanol–water partition coefficient (Wildman–Crippen LogP) is 1.60. The second kappa shape index (κ2) is 9.18. The molecule has 0 aromatic rings. The molecule has 1 aliphatic heterocycles. The zero-order valence-corrected chi connectivity index (χ0v) is 14.6. The van der Waals surface area contributed by atoms with Crippen LogP contribution in [0.15, 0.2) is 4.99 Å². The number of hydrogen-bond acceptors (Lipinski definition) is 3. The van der Waals surface area contributed by atoms with Gasteiger partial charge in [0.2, 0.25) is 5.91 Å². The molecule has 21 heavy (non-hydrogen) atoms. The molecule has 0 aromatic heterocycles. The normalized spacial score (nSPS) is 19.4. The molecule has 1 atom stereocenters. The maximum Gasteiger partial charge on any atom is 0.225 e. The van der Waals surface area contributed by atoms with Crippen molar-refractivity contribution in [1.82, 2.24) is 16.0 Å². The first kappa shape index (κ1) is 18.1. The van der Waals surface area contributed by atoms with Crippen molar-refractivity contribution in [1.29, 1.82) is 0 Å². The first-order valence-corrected chi connectivity index (χ1v) is 8.90. The Bertz CT molecular complexity index is 346. The summed E-state index contributed by atoms with van der Waals surface area (Å²) in [4.78, 5) is 16.4. The summed E-state index contributed by atoms with van der Waals surface area (Å²) in [6.45, 7) is 10.8. The number of carbonyl (C=O) groups excluding carboxylic acids is 1. The average molecular weight is 314 g/mol. The summed E-state index contributed by atoms with van der Waals surface area (Å²) in [6, 6.07) is 0. The zero-order chi connectivity index (χ0) is 15.7. The van der Waals surface area contributed by atoms with Crippen molar-refractivity contribution in [3.63, 3.8) is 0 Å². The lowest BCUT2D eigenvalue weighted by Gasteiger charge is -2.18. The lowest BCUT2D eigenvalue weighted by Crippen LogP contribution is -2.43. The third-order valence-electron chi connectivity index (χ3n) is 3.21. The van der Waals surface area contributed by atoms with Crippen LogP contribution < -0.4 is 16.0 Å². The molecule has 122 valence electrons. The molecule has 1 heterocycles. The highest BCUT2D eigenvalue weighted by atomic mass is 32.2. The van der Waals surface area contributed by atoms with Crippen LogP contribution in [0.2, 0.25) is 0 Å². The summed E-state index contributed by atoms with van der Waals surface area (Å²) in [5.41, 5.74) is -0.335. The summed E-state index contributed by atoms with van der Waals surface area (Å²) in [5.74, 6) is 2.19. The molecule has 0 spiro atoms. The highest BCUT2D eigenvalue weighted by molar-refractivity contribution is 8.00. The Labute approximate surface area is 133 Å². The van der Waals surface area contributed by atoms with Crippen molar-refractivity contribution in [3.05, 3.63) is 0 Å². The van der Waals surface area contributed by atoms with Crippen LogP contribution >= 0.6 is 11.8 Å². The van der Waals surface area contributed by atoms with Crippen molar-refractivity contribution in [2.45, 2.75) is 45.8 Å². The number of rotatable bonds is 6. The number of guanidine groups is 1. The lowest BCUT2D eigenvalue weighted by atomic mass is 9.96. The first-order valence-electron chi connectivity index (χ1n) is 7.85. The monoisotopic (exact) mass is 314 g/mol. The summed E-state index contributed by atoms with van der Waals surface area (Å²) in [5, 5.41) is 10.1.